The van der Waals surface area contributed by atoms with Crippen LogP contribution in [0.5, 0.6) is 5.75 Å². The Morgan fingerprint density at radius 3 is 2.48 bits per heavy atom. The largest absolute Gasteiger partial charge is 0.508 e. The molecule has 0 bridgehead atoms. The second kappa shape index (κ2) is 10.4. The Morgan fingerprint density at radius 1 is 1.03 bits per heavy atom. The van der Waals surface area contributed by atoms with Gasteiger partial charge in [-0.15, -0.1) is 0 Å². The van der Waals surface area contributed by atoms with Crippen LogP contribution >= 0.6 is 0 Å². The number of aromatic nitrogens is 1. The van der Waals surface area contributed by atoms with Crippen LogP contribution in [0.3, 0.4) is 0 Å². The van der Waals surface area contributed by atoms with E-state index < -0.39 is 0 Å². The van der Waals surface area contributed by atoms with E-state index in [1.807, 2.05) is 36.4 Å². The third kappa shape index (κ3) is 5.42. The highest BCUT2D eigenvalue weighted by Crippen LogP contribution is 2.32. The maximum Gasteiger partial charge on any atom is 0.306 e. The predicted octanol–water partition coefficient (Wildman–Crippen LogP) is 4.75. The number of hydrogen-bond donors (Lipinski definition) is 2. The summed E-state index contributed by atoms with van der Waals surface area (Å²) in [5.41, 5.74) is 5.32. The molecule has 0 unspecified atom stereocenters. The summed E-state index contributed by atoms with van der Waals surface area (Å²) in [4.78, 5) is 15.9. The number of hydrogen-bond acceptors (Lipinski definition) is 5. The maximum atomic E-state index is 11.7. The number of carbonyl (C=O) groups excluding carboxylic acids is 1. The van der Waals surface area contributed by atoms with Crippen LogP contribution in [0.4, 0.5) is 0 Å². The van der Waals surface area contributed by atoms with Gasteiger partial charge in [0.25, 0.3) is 0 Å². The third-order valence-corrected chi connectivity index (χ3v) is 4.55. The van der Waals surface area contributed by atoms with E-state index >= 15 is 0 Å². The molecule has 3 aromatic rings. The summed E-state index contributed by atoms with van der Waals surface area (Å²) in [7, 11) is 0. The van der Waals surface area contributed by atoms with E-state index in [0.29, 0.717) is 13.0 Å². The van der Waals surface area contributed by atoms with Gasteiger partial charge in [0.05, 0.1) is 13.2 Å². The van der Waals surface area contributed by atoms with E-state index in [0.717, 1.165) is 33.4 Å². The molecule has 5 heteroatoms. The van der Waals surface area contributed by atoms with E-state index in [4.69, 9.17) is 4.74 Å². The average molecular weight is 393 g/mol. The van der Waals surface area contributed by atoms with Gasteiger partial charge in [0.15, 0.2) is 0 Å². The monoisotopic (exact) mass is 393 g/mol. The van der Waals surface area contributed by atoms with Gasteiger partial charge in [-0.3, -0.25) is 9.78 Å². The predicted molar refractivity (Wildman–Crippen MR) is 114 cm³/mol. The Balaban J connectivity index is 0.00000300. The fourth-order valence-electron chi connectivity index (χ4n) is 3.23. The van der Waals surface area contributed by atoms with Crippen molar-refractivity contribution in [2.45, 2.75) is 33.8 Å². The van der Waals surface area contributed by atoms with Crippen LogP contribution in [-0.4, -0.2) is 27.8 Å². The van der Waals surface area contributed by atoms with E-state index in [1.165, 1.54) is 0 Å². The molecular formula is C24H27NO4. The van der Waals surface area contributed by atoms with Crippen LogP contribution in [0.2, 0.25) is 0 Å². The first-order valence-electron chi connectivity index (χ1n) is 9.24. The summed E-state index contributed by atoms with van der Waals surface area (Å²) in [5, 5.41) is 19.8. The molecule has 0 saturated carbocycles. The first-order valence-corrected chi connectivity index (χ1v) is 9.24. The SMILES string of the molecule is C.CCOC(=O)CCc1cc(O)ccc1-c1ccc(-c2cccnc2)c(CO)c1. The molecular weight excluding hydrogens is 366 g/mol. The Morgan fingerprint density at radius 2 is 1.79 bits per heavy atom. The zero-order valence-electron chi connectivity index (χ0n) is 15.8. The Kier molecular flexibility index (Phi) is 7.92. The number of esters is 1. The molecule has 0 saturated heterocycles. The molecule has 1 aromatic heterocycles. The molecule has 2 N–H and O–H groups in total. The molecule has 0 aliphatic carbocycles. The molecule has 152 valence electrons. The topological polar surface area (TPSA) is 79.7 Å². The summed E-state index contributed by atoms with van der Waals surface area (Å²) < 4.78 is 5.00. The summed E-state index contributed by atoms with van der Waals surface area (Å²) in [5.74, 6) is -0.114. The summed E-state index contributed by atoms with van der Waals surface area (Å²) >= 11 is 0. The quantitative estimate of drug-likeness (QED) is 0.567. The van der Waals surface area contributed by atoms with Gasteiger partial charge >= 0.3 is 5.97 Å². The van der Waals surface area contributed by atoms with Crippen LogP contribution in [0.15, 0.2) is 60.9 Å². The van der Waals surface area contributed by atoms with E-state index in [-0.39, 0.29) is 32.2 Å². The van der Waals surface area contributed by atoms with Crippen molar-refractivity contribution >= 4 is 5.97 Å². The molecule has 0 radical (unpaired) electrons. The molecule has 29 heavy (non-hydrogen) atoms. The molecule has 2 aromatic carbocycles. The first-order chi connectivity index (χ1) is 13.6. The van der Waals surface area contributed by atoms with Crippen LogP contribution in [-0.2, 0) is 22.6 Å². The highest BCUT2D eigenvalue weighted by Gasteiger charge is 2.12. The van der Waals surface area contributed by atoms with Crippen LogP contribution in [0, 0.1) is 0 Å². The van der Waals surface area contributed by atoms with Crippen LogP contribution in [0.1, 0.15) is 31.9 Å². The first kappa shape index (κ1) is 22.1. The fourth-order valence-corrected chi connectivity index (χ4v) is 3.23. The van der Waals surface area contributed by atoms with Gasteiger partial charge in [-0.2, -0.15) is 0 Å². The number of carbonyl (C=O) groups is 1. The average Bonchev–Trinajstić information content (AvgIpc) is 2.73. The number of benzene rings is 2. The van der Waals surface area contributed by atoms with Crippen molar-refractivity contribution in [2.75, 3.05) is 6.61 Å². The molecule has 0 atom stereocenters. The van der Waals surface area contributed by atoms with Crippen LogP contribution in [0.25, 0.3) is 22.3 Å². The summed E-state index contributed by atoms with van der Waals surface area (Å²) in [6.07, 6.45) is 4.18. The molecule has 1 heterocycles. The van der Waals surface area contributed by atoms with Crippen molar-refractivity contribution in [3.63, 3.8) is 0 Å². The second-order valence-electron chi connectivity index (χ2n) is 6.42. The fraction of sp³-hybridized carbons (Fsp3) is 0.250. The number of phenols is 1. The number of pyridine rings is 1. The van der Waals surface area contributed by atoms with Crippen molar-refractivity contribution in [1.82, 2.24) is 4.98 Å². The normalized spacial score (nSPS) is 10.3. The van der Waals surface area contributed by atoms with Gasteiger partial charge in [-0.05, 0) is 65.4 Å². The number of aromatic hydroxyl groups is 1. The molecule has 0 aliphatic rings. The smallest absolute Gasteiger partial charge is 0.306 e. The zero-order valence-corrected chi connectivity index (χ0v) is 15.8. The van der Waals surface area contributed by atoms with Crippen molar-refractivity contribution in [2.24, 2.45) is 0 Å². The van der Waals surface area contributed by atoms with Gasteiger partial charge in [0.2, 0.25) is 0 Å². The van der Waals surface area contributed by atoms with Crippen molar-refractivity contribution < 1.29 is 19.7 Å². The molecule has 0 fully saturated rings. The number of ether oxygens (including phenoxy) is 1. The van der Waals surface area contributed by atoms with Crippen molar-refractivity contribution in [3.8, 4) is 28.0 Å². The number of aliphatic hydroxyl groups is 1. The summed E-state index contributed by atoms with van der Waals surface area (Å²) in [6, 6.07) is 14.8. The second-order valence-corrected chi connectivity index (χ2v) is 6.42. The maximum absolute atomic E-state index is 11.7. The van der Waals surface area contributed by atoms with Crippen molar-refractivity contribution in [3.05, 3.63) is 72.1 Å². The Hall–Kier alpha value is -3.18. The molecule has 5 nitrogen and oxygen atoms in total. The van der Waals surface area contributed by atoms with Crippen LogP contribution < -0.4 is 0 Å². The lowest BCUT2D eigenvalue weighted by Crippen LogP contribution is -2.05. The van der Waals surface area contributed by atoms with E-state index in [2.05, 4.69) is 4.98 Å². The van der Waals surface area contributed by atoms with Gasteiger partial charge in [0.1, 0.15) is 5.75 Å². The standard InChI is InChI=1S/C23H23NO4.CH4/c1-2-28-23(27)10-6-17-13-20(26)7-9-21(17)16-5-8-22(19(12-16)15-25)18-4-3-11-24-14-18;/h3-5,7-9,11-14,25-26H,2,6,10,15H2,1H3;1H4. The minimum absolute atomic E-state index is 0. The molecule has 3 rings (SSSR count). The number of aliphatic hydroxyl groups excluding tert-OH is 1. The Labute approximate surface area is 171 Å². The molecule has 0 amide bonds. The van der Waals surface area contributed by atoms with Crippen molar-refractivity contribution in [1.29, 1.82) is 0 Å². The number of phenolic OH excluding ortho intramolecular Hbond substituents is 1. The van der Waals surface area contributed by atoms with E-state index in [1.54, 1.807) is 31.5 Å². The number of nitrogens with zero attached hydrogens (tertiary/aromatic N) is 1. The van der Waals surface area contributed by atoms with Gasteiger partial charge in [-0.1, -0.05) is 31.7 Å². The number of rotatable bonds is 7. The third-order valence-electron chi connectivity index (χ3n) is 4.55. The van der Waals surface area contributed by atoms with Gasteiger partial charge < -0.3 is 14.9 Å². The van der Waals surface area contributed by atoms with E-state index in [9.17, 15) is 15.0 Å². The minimum atomic E-state index is -0.264. The zero-order chi connectivity index (χ0) is 19.9. The van der Waals surface area contributed by atoms with Gasteiger partial charge in [0, 0.05) is 24.4 Å². The highest BCUT2D eigenvalue weighted by atomic mass is 16.5. The lowest BCUT2D eigenvalue weighted by molar-refractivity contribution is -0.143. The Bertz CT molecular complexity index is 954. The molecule has 0 spiro atoms. The number of aryl methyl sites for hydroxylation is 1. The lowest BCUT2D eigenvalue weighted by atomic mass is 9.92. The lowest BCUT2D eigenvalue weighted by Gasteiger charge is -2.14. The minimum Gasteiger partial charge on any atom is -0.508 e. The highest BCUT2D eigenvalue weighted by molar-refractivity contribution is 5.76. The van der Waals surface area contributed by atoms with Gasteiger partial charge in [-0.25, -0.2) is 0 Å². The molecule has 0 aliphatic heterocycles. The summed E-state index contributed by atoms with van der Waals surface area (Å²) in [6.45, 7) is 2.02.